The van der Waals surface area contributed by atoms with Crippen LogP contribution in [-0.4, -0.2) is 20.6 Å². The number of imidazole rings is 1. The summed E-state index contributed by atoms with van der Waals surface area (Å²) in [5, 5.41) is 10.3. The second-order valence-corrected chi connectivity index (χ2v) is 5.81. The molecule has 1 heterocycles. The van der Waals surface area contributed by atoms with Gasteiger partial charge in [-0.15, -0.1) is 0 Å². The van der Waals surface area contributed by atoms with E-state index in [1.807, 2.05) is 39.0 Å². The number of carboxylic acid groups (broad SMARTS) is 1. The molecule has 0 saturated carbocycles. The average Bonchev–Trinajstić information content (AvgIpc) is 2.80. The van der Waals surface area contributed by atoms with Crippen molar-refractivity contribution in [3.8, 4) is 0 Å². The standard InChI is InChI=1S/C16H21ClN2O2/c1-4-16(5-2,15(20)21)10-14-18-12-9-11(17)7-8-13(12)19(14)6-3/h7-9H,4-6,10H2,1-3H3,(H,20,21). The van der Waals surface area contributed by atoms with Gasteiger partial charge in [0.1, 0.15) is 5.82 Å². The normalized spacial score (nSPS) is 12.0. The molecule has 21 heavy (non-hydrogen) atoms. The monoisotopic (exact) mass is 308 g/mol. The van der Waals surface area contributed by atoms with Crippen LogP contribution in [0.5, 0.6) is 0 Å². The van der Waals surface area contributed by atoms with Crippen molar-refractivity contribution in [2.24, 2.45) is 5.41 Å². The molecule has 0 bridgehead atoms. The Labute approximate surface area is 129 Å². The number of hydrogen-bond donors (Lipinski definition) is 1. The van der Waals surface area contributed by atoms with Gasteiger partial charge in [0.25, 0.3) is 0 Å². The minimum Gasteiger partial charge on any atom is -0.481 e. The van der Waals surface area contributed by atoms with Gasteiger partial charge in [0.2, 0.25) is 0 Å². The van der Waals surface area contributed by atoms with E-state index >= 15 is 0 Å². The van der Waals surface area contributed by atoms with Crippen molar-refractivity contribution in [1.29, 1.82) is 0 Å². The van der Waals surface area contributed by atoms with Crippen molar-refractivity contribution in [2.45, 2.75) is 46.6 Å². The Morgan fingerprint density at radius 3 is 2.52 bits per heavy atom. The molecule has 0 atom stereocenters. The van der Waals surface area contributed by atoms with Gasteiger partial charge in [-0.05, 0) is 38.0 Å². The molecule has 0 radical (unpaired) electrons. The first-order chi connectivity index (χ1) is 9.97. The maximum atomic E-state index is 11.7. The maximum Gasteiger partial charge on any atom is 0.310 e. The van der Waals surface area contributed by atoms with Crippen molar-refractivity contribution in [2.75, 3.05) is 0 Å². The molecule has 0 saturated heterocycles. The molecule has 5 heteroatoms. The zero-order chi connectivity index (χ0) is 15.6. The minimum absolute atomic E-state index is 0.440. The molecule has 0 fully saturated rings. The first-order valence-corrected chi connectivity index (χ1v) is 7.73. The van der Waals surface area contributed by atoms with Gasteiger partial charge in [-0.1, -0.05) is 25.4 Å². The molecule has 0 unspecified atom stereocenters. The molecular formula is C16H21ClN2O2. The van der Waals surface area contributed by atoms with Crippen LogP contribution in [0.1, 0.15) is 39.4 Å². The summed E-state index contributed by atoms with van der Waals surface area (Å²) in [5.74, 6) is 0.0705. The highest BCUT2D eigenvalue weighted by atomic mass is 35.5. The van der Waals surface area contributed by atoms with E-state index in [4.69, 9.17) is 11.6 Å². The van der Waals surface area contributed by atoms with Gasteiger partial charge in [-0.3, -0.25) is 4.79 Å². The summed E-state index contributed by atoms with van der Waals surface area (Å²) in [4.78, 5) is 16.3. The first-order valence-electron chi connectivity index (χ1n) is 7.35. The molecule has 0 amide bonds. The van der Waals surface area contributed by atoms with Crippen LogP contribution in [0.25, 0.3) is 11.0 Å². The van der Waals surface area contributed by atoms with Gasteiger partial charge in [0.05, 0.1) is 16.4 Å². The highest BCUT2D eigenvalue weighted by molar-refractivity contribution is 6.31. The minimum atomic E-state index is -0.752. The SMILES string of the molecule is CCn1c(CC(CC)(CC)C(=O)O)nc2cc(Cl)ccc21. The summed E-state index contributed by atoms with van der Waals surface area (Å²) >= 11 is 6.02. The third-order valence-corrected chi connectivity index (χ3v) is 4.64. The average molecular weight is 309 g/mol. The van der Waals surface area contributed by atoms with Crippen LogP contribution < -0.4 is 0 Å². The summed E-state index contributed by atoms with van der Waals surface area (Å²) in [6, 6.07) is 5.61. The van der Waals surface area contributed by atoms with E-state index in [0.29, 0.717) is 24.3 Å². The van der Waals surface area contributed by atoms with Gasteiger partial charge < -0.3 is 9.67 Å². The molecule has 0 aliphatic rings. The van der Waals surface area contributed by atoms with Crippen molar-refractivity contribution in [3.05, 3.63) is 29.0 Å². The number of halogens is 1. The van der Waals surface area contributed by atoms with Crippen LogP contribution in [0, 0.1) is 5.41 Å². The topological polar surface area (TPSA) is 55.1 Å². The van der Waals surface area contributed by atoms with Gasteiger partial charge in [0, 0.05) is 18.0 Å². The van der Waals surface area contributed by atoms with E-state index in [-0.39, 0.29) is 0 Å². The number of nitrogens with zero attached hydrogens (tertiary/aromatic N) is 2. The Kier molecular flexibility index (Phi) is 4.57. The number of aliphatic carboxylic acids is 1. The van der Waals surface area contributed by atoms with Crippen molar-refractivity contribution in [1.82, 2.24) is 9.55 Å². The predicted octanol–water partition coefficient (Wildman–Crippen LogP) is 4.14. The molecule has 1 aromatic carbocycles. The summed E-state index contributed by atoms with van der Waals surface area (Å²) in [6.45, 7) is 6.65. The third-order valence-electron chi connectivity index (χ3n) is 4.41. The maximum absolute atomic E-state index is 11.7. The van der Waals surface area contributed by atoms with Gasteiger partial charge in [-0.2, -0.15) is 0 Å². The van der Waals surface area contributed by atoms with E-state index in [1.54, 1.807) is 0 Å². The molecule has 4 nitrogen and oxygen atoms in total. The van der Waals surface area contributed by atoms with Crippen molar-refractivity contribution < 1.29 is 9.90 Å². The van der Waals surface area contributed by atoms with E-state index in [0.717, 1.165) is 23.4 Å². The summed E-state index contributed by atoms with van der Waals surface area (Å²) < 4.78 is 2.08. The Morgan fingerprint density at radius 1 is 1.33 bits per heavy atom. The zero-order valence-corrected chi connectivity index (χ0v) is 13.4. The summed E-state index contributed by atoms with van der Waals surface area (Å²) in [6.07, 6.45) is 1.62. The Bertz CT molecular complexity index is 660. The molecule has 0 spiro atoms. The number of carboxylic acids is 1. The number of aryl methyl sites for hydroxylation is 1. The van der Waals surface area contributed by atoms with E-state index < -0.39 is 11.4 Å². The number of carbonyl (C=O) groups is 1. The Hall–Kier alpha value is -1.55. The molecular weight excluding hydrogens is 288 g/mol. The third kappa shape index (κ3) is 2.77. The fourth-order valence-corrected chi connectivity index (χ4v) is 2.99. The lowest BCUT2D eigenvalue weighted by molar-refractivity contribution is -0.149. The molecule has 2 rings (SSSR count). The largest absolute Gasteiger partial charge is 0.481 e. The van der Waals surface area contributed by atoms with Crippen LogP contribution in [0.15, 0.2) is 18.2 Å². The second-order valence-electron chi connectivity index (χ2n) is 5.37. The Balaban J connectivity index is 2.53. The summed E-state index contributed by atoms with van der Waals surface area (Å²) in [5.41, 5.74) is 1.08. The van der Waals surface area contributed by atoms with Gasteiger partial charge >= 0.3 is 5.97 Å². The van der Waals surface area contributed by atoms with Crippen LogP contribution in [-0.2, 0) is 17.8 Å². The lowest BCUT2D eigenvalue weighted by atomic mass is 9.79. The highest BCUT2D eigenvalue weighted by Crippen LogP contribution is 2.32. The lowest BCUT2D eigenvalue weighted by Gasteiger charge is -2.26. The number of rotatable bonds is 6. The highest BCUT2D eigenvalue weighted by Gasteiger charge is 2.36. The predicted molar refractivity (Wildman–Crippen MR) is 84.8 cm³/mol. The van der Waals surface area contributed by atoms with Crippen molar-refractivity contribution >= 4 is 28.6 Å². The zero-order valence-electron chi connectivity index (χ0n) is 12.7. The number of aromatic nitrogens is 2. The summed E-state index contributed by atoms with van der Waals surface area (Å²) in [7, 11) is 0. The molecule has 1 aromatic heterocycles. The number of fused-ring (bicyclic) bond motifs is 1. The van der Waals surface area contributed by atoms with Crippen LogP contribution in [0.3, 0.4) is 0 Å². The van der Waals surface area contributed by atoms with Gasteiger partial charge in [0.15, 0.2) is 0 Å². The second kappa shape index (κ2) is 6.06. The smallest absolute Gasteiger partial charge is 0.310 e. The molecule has 0 aliphatic heterocycles. The fraction of sp³-hybridized carbons (Fsp3) is 0.500. The lowest BCUT2D eigenvalue weighted by Crippen LogP contribution is -2.33. The number of benzene rings is 1. The quantitative estimate of drug-likeness (QED) is 0.872. The molecule has 114 valence electrons. The van der Waals surface area contributed by atoms with Crippen molar-refractivity contribution in [3.63, 3.8) is 0 Å². The first kappa shape index (κ1) is 15.8. The molecule has 1 N–H and O–H groups in total. The number of hydrogen-bond acceptors (Lipinski definition) is 2. The van der Waals surface area contributed by atoms with Gasteiger partial charge in [-0.25, -0.2) is 4.98 Å². The van der Waals surface area contributed by atoms with E-state index in [1.165, 1.54) is 0 Å². The van der Waals surface area contributed by atoms with Crippen LogP contribution >= 0.6 is 11.6 Å². The van der Waals surface area contributed by atoms with Crippen LogP contribution in [0.4, 0.5) is 0 Å². The Morgan fingerprint density at radius 2 is 2.00 bits per heavy atom. The van der Waals surface area contributed by atoms with Crippen LogP contribution in [0.2, 0.25) is 5.02 Å². The molecule has 0 aliphatic carbocycles. The van der Waals surface area contributed by atoms with E-state index in [9.17, 15) is 9.90 Å². The fourth-order valence-electron chi connectivity index (χ4n) is 2.82. The molecule has 2 aromatic rings. The van der Waals surface area contributed by atoms with E-state index in [2.05, 4.69) is 9.55 Å².